The van der Waals surface area contributed by atoms with Crippen LogP contribution in [0.15, 0.2) is 46.9 Å². The summed E-state index contributed by atoms with van der Waals surface area (Å²) in [6.07, 6.45) is 3.06. The molecule has 16 heavy (non-hydrogen) atoms. The fourth-order valence-electron chi connectivity index (χ4n) is 1.04. The summed E-state index contributed by atoms with van der Waals surface area (Å²) in [6.45, 7) is 0. The minimum atomic E-state index is -0.317. The standard InChI is InChI=1S/C10H8N4O2/c15-8-4-1-3-7(9(8)16)13-14-10-11-5-2-6-12-10/h1-6,15-16H/b14-13+. The SMILES string of the molecule is Oc1cccc(/N=N/c2ncccn2)c1O. The summed E-state index contributed by atoms with van der Waals surface area (Å²) in [4.78, 5) is 7.66. The first-order chi connectivity index (χ1) is 7.77. The Morgan fingerprint density at radius 2 is 1.69 bits per heavy atom. The van der Waals surface area contributed by atoms with Crippen molar-refractivity contribution in [1.29, 1.82) is 0 Å². The summed E-state index contributed by atoms with van der Waals surface area (Å²) in [5, 5.41) is 26.1. The number of aromatic hydroxyl groups is 2. The predicted octanol–water partition coefficient (Wildman–Crippen LogP) is 2.30. The van der Waals surface area contributed by atoms with Crippen molar-refractivity contribution in [2.45, 2.75) is 0 Å². The van der Waals surface area contributed by atoms with E-state index in [-0.39, 0.29) is 23.1 Å². The molecule has 0 amide bonds. The Hall–Kier alpha value is -2.50. The largest absolute Gasteiger partial charge is 0.504 e. The third-order valence-corrected chi connectivity index (χ3v) is 1.79. The van der Waals surface area contributed by atoms with Crippen molar-refractivity contribution < 1.29 is 10.2 Å². The van der Waals surface area contributed by atoms with E-state index in [1.165, 1.54) is 24.5 Å². The van der Waals surface area contributed by atoms with E-state index in [0.29, 0.717) is 0 Å². The van der Waals surface area contributed by atoms with Gasteiger partial charge >= 0.3 is 0 Å². The molecule has 0 fully saturated rings. The van der Waals surface area contributed by atoms with E-state index < -0.39 is 0 Å². The lowest BCUT2D eigenvalue weighted by Gasteiger charge is -1.98. The highest BCUT2D eigenvalue weighted by atomic mass is 16.3. The lowest BCUT2D eigenvalue weighted by molar-refractivity contribution is 0.404. The first kappa shape index (κ1) is 10.0. The summed E-state index contributed by atoms with van der Waals surface area (Å²) in [5.41, 5.74) is 0.160. The van der Waals surface area contributed by atoms with Gasteiger partial charge in [0.1, 0.15) is 5.69 Å². The molecule has 2 aromatic rings. The number of rotatable bonds is 2. The van der Waals surface area contributed by atoms with Crippen LogP contribution >= 0.6 is 0 Å². The normalized spacial score (nSPS) is 10.8. The lowest BCUT2D eigenvalue weighted by atomic mass is 10.3. The third kappa shape index (κ3) is 2.11. The van der Waals surface area contributed by atoms with E-state index in [0.717, 1.165) is 0 Å². The van der Waals surface area contributed by atoms with Crippen molar-refractivity contribution in [1.82, 2.24) is 9.97 Å². The van der Waals surface area contributed by atoms with Crippen molar-refractivity contribution in [3.05, 3.63) is 36.7 Å². The molecule has 0 atom stereocenters. The van der Waals surface area contributed by atoms with Crippen LogP contribution in [0.4, 0.5) is 11.6 Å². The zero-order valence-electron chi connectivity index (χ0n) is 8.15. The fraction of sp³-hybridized carbons (Fsp3) is 0. The zero-order valence-corrected chi connectivity index (χ0v) is 8.15. The second-order valence-corrected chi connectivity index (χ2v) is 2.89. The first-order valence-corrected chi connectivity index (χ1v) is 4.47. The molecule has 2 N–H and O–H groups in total. The molecule has 0 aliphatic carbocycles. The number of aromatic nitrogens is 2. The first-order valence-electron chi connectivity index (χ1n) is 4.47. The van der Waals surface area contributed by atoms with E-state index >= 15 is 0 Å². The van der Waals surface area contributed by atoms with Crippen LogP contribution in [-0.2, 0) is 0 Å². The van der Waals surface area contributed by atoms with E-state index in [2.05, 4.69) is 20.2 Å². The van der Waals surface area contributed by atoms with Gasteiger partial charge in [-0.25, -0.2) is 9.97 Å². The summed E-state index contributed by atoms with van der Waals surface area (Å²) in [5.74, 6) is -0.377. The highest BCUT2D eigenvalue weighted by Gasteiger charge is 2.04. The number of phenolic OH excluding ortho intramolecular Hbond substituents is 2. The molecule has 0 saturated heterocycles. The second-order valence-electron chi connectivity index (χ2n) is 2.89. The number of hydrogen-bond donors (Lipinski definition) is 2. The van der Waals surface area contributed by atoms with Crippen LogP contribution < -0.4 is 0 Å². The number of para-hydroxylation sites is 1. The average molecular weight is 216 g/mol. The van der Waals surface area contributed by atoms with E-state index in [4.69, 9.17) is 0 Å². The molecular weight excluding hydrogens is 208 g/mol. The monoisotopic (exact) mass is 216 g/mol. The van der Waals surface area contributed by atoms with Gasteiger partial charge in [-0.15, -0.1) is 10.2 Å². The van der Waals surface area contributed by atoms with Crippen molar-refractivity contribution >= 4 is 11.6 Å². The maximum atomic E-state index is 9.43. The Kier molecular flexibility index (Phi) is 2.73. The molecule has 0 bridgehead atoms. The van der Waals surface area contributed by atoms with Gasteiger partial charge in [0.2, 0.25) is 0 Å². The van der Waals surface area contributed by atoms with Gasteiger partial charge in [0.25, 0.3) is 5.95 Å². The minimum Gasteiger partial charge on any atom is -0.504 e. The van der Waals surface area contributed by atoms with Gasteiger partial charge in [-0.1, -0.05) is 6.07 Å². The molecule has 0 spiro atoms. The highest BCUT2D eigenvalue weighted by molar-refractivity contribution is 5.57. The molecule has 0 saturated carbocycles. The van der Waals surface area contributed by atoms with E-state index in [9.17, 15) is 10.2 Å². The highest BCUT2D eigenvalue weighted by Crippen LogP contribution is 2.35. The molecule has 6 nitrogen and oxygen atoms in total. The zero-order chi connectivity index (χ0) is 11.4. The molecule has 1 aromatic heterocycles. The number of hydrogen-bond acceptors (Lipinski definition) is 6. The van der Waals surface area contributed by atoms with Gasteiger partial charge in [-0.05, 0) is 18.2 Å². The molecule has 2 rings (SSSR count). The molecule has 0 unspecified atom stereocenters. The number of phenols is 2. The Morgan fingerprint density at radius 1 is 0.938 bits per heavy atom. The quantitative estimate of drug-likeness (QED) is 0.595. The second kappa shape index (κ2) is 4.35. The Labute approximate surface area is 91.0 Å². The molecule has 0 aliphatic rings. The van der Waals surface area contributed by atoms with Crippen molar-refractivity contribution in [2.75, 3.05) is 0 Å². The summed E-state index contributed by atoms with van der Waals surface area (Å²) >= 11 is 0. The van der Waals surface area contributed by atoms with Gasteiger partial charge in [0.05, 0.1) is 0 Å². The van der Waals surface area contributed by atoms with Crippen LogP contribution in [0, 0.1) is 0 Å². The van der Waals surface area contributed by atoms with E-state index in [1.807, 2.05) is 0 Å². The topological polar surface area (TPSA) is 91.0 Å². The molecule has 0 aliphatic heterocycles. The van der Waals surface area contributed by atoms with Crippen molar-refractivity contribution in [3.63, 3.8) is 0 Å². The number of azo groups is 1. The maximum Gasteiger partial charge on any atom is 0.268 e. The lowest BCUT2D eigenvalue weighted by Crippen LogP contribution is -1.75. The third-order valence-electron chi connectivity index (χ3n) is 1.79. The van der Waals surface area contributed by atoms with Gasteiger partial charge in [-0.2, -0.15) is 0 Å². The van der Waals surface area contributed by atoms with Gasteiger partial charge in [-0.3, -0.25) is 0 Å². The molecular formula is C10H8N4O2. The Bertz CT molecular complexity index is 513. The van der Waals surface area contributed by atoms with Crippen LogP contribution in [0.3, 0.4) is 0 Å². The maximum absolute atomic E-state index is 9.43. The predicted molar refractivity (Wildman–Crippen MR) is 56.0 cm³/mol. The Morgan fingerprint density at radius 3 is 2.44 bits per heavy atom. The Balaban J connectivity index is 2.28. The van der Waals surface area contributed by atoms with Crippen LogP contribution in [0.25, 0.3) is 0 Å². The number of nitrogens with zero attached hydrogens (tertiary/aromatic N) is 4. The molecule has 0 radical (unpaired) electrons. The number of benzene rings is 1. The molecule has 1 aromatic carbocycles. The molecule has 6 heteroatoms. The van der Waals surface area contributed by atoms with Crippen LogP contribution in [-0.4, -0.2) is 20.2 Å². The van der Waals surface area contributed by atoms with Crippen LogP contribution in [0.2, 0.25) is 0 Å². The smallest absolute Gasteiger partial charge is 0.268 e. The molecule has 1 heterocycles. The summed E-state index contributed by atoms with van der Waals surface area (Å²) < 4.78 is 0. The van der Waals surface area contributed by atoms with Crippen LogP contribution in [0.1, 0.15) is 0 Å². The molecule has 80 valence electrons. The van der Waals surface area contributed by atoms with Crippen LogP contribution in [0.5, 0.6) is 11.5 Å². The van der Waals surface area contributed by atoms with Gasteiger partial charge in [0, 0.05) is 12.4 Å². The van der Waals surface area contributed by atoms with Gasteiger partial charge < -0.3 is 10.2 Å². The van der Waals surface area contributed by atoms with Crippen molar-refractivity contribution in [3.8, 4) is 11.5 Å². The van der Waals surface area contributed by atoms with Crippen molar-refractivity contribution in [2.24, 2.45) is 10.2 Å². The minimum absolute atomic E-state index is 0.160. The van der Waals surface area contributed by atoms with E-state index in [1.54, 1.807) is 12.1 Å². The fourth-order valence-corrected chi connectivity index (χ4v) is 1.04. The summed E-state index contributed by atoms with van der Waals surface area (Å²) in [7, 11) is 0. The summed E-state index contributed by atoms with van der Waals surface area (Å²) in [6, 6.07) is 6.08. The average Bonchev–Trinajstić information content (AvgIpc) is 2.32. The van der Waals surface area contributed by atoms with Gasteiger partial charge in [0.15, 0.2) is 11.5 Å².